The molecule has 4 aliphatic rings. The molecule has 7 N–H and O–H groups in total. The van der Waals surface area contributed by atoms with Crippen molar-refractivity contribution in [2.45, 2.75) is 123 Å². The van der Waals surface area contributed by atoms with E-state index in [-0.39, 0.29) is 24.0 Å². The highest BCUT2D eigenvalue weighted by molar-refractivity contribution is 5.81. The predicted molar refractivity (Wildman–Crippen MR) is 185 cm³/mol. The van der Waals surface area contributed by atoms with Crippen LogP contribution in [0.4, 0.5) is 0 Å². The number of nitrogens with zero attached hydrogens (tertiary/aromatic N) is 1. The SMILES string of the molecule is C[C@H](CCC(=O)N(C)CC(=O)O)[C@H]1CCC2C3C(O)C[C@@H]4C[C@@H](NCCCNCCCCNCCCN)CC[C@]4(C)C3CC[C@@]21C. The summed E-state index contributed by atoms with van der Waals surface area (Å²) in [6.07, 6.45) is 15.2. The maximum atomic E-state index is 12.6. The van der Waals surface area contributed by atoms with Crippen LogP contribution in [0.3, 0.4) is 0 Å². The van der Waals surface area contributed by atoms with Crippen molar-refractivity contribution in [3.63, 3.8) is 0 Å². The lowest BCUT2D eigenvalue weighted by Gasteiger charge is -2.62. The Morgan fingerprint density at radius 2 is 1.54 bits per heavy atom. The average molecular weight is 648 g/mol. The molecule has 0 aromatic heterocycles. The molecule has 4 unspecified atom stereocenters. The fourth-order valence-corrected chi connectivity index (χ4v) is 10.9. The number of likely N-dealkylation sites (N-methyl/N-ethyl adjacent to an activating group) is 1. The molecule has 4 saturated carbocycles. The van der Waals surface area contributed by atoms with Crippen molar-refractivity contribution < 1.29 is 19.8 Å². The number of aliphatic hydroxyl groups excluding tert-OH is 1. The first-order valence-electron chi connectivity index (χ1n) is 19.0. The molecule has 0 bridgehead atoms. The fourth-order valence-electron chi connectivity index (χ4n) is 10.9. The first-order valence-corrected chi connectivity index (χ1v) is 19.0. The minimum absolute atomic E-state index is 0.0742. The van der Waals surface area contributed by atoms with E-state index < -0.39 is 5.97 Å². The second-order valence-electron chi connectivity index (χ2n) is 16.3. The predicted octanol–water partition coefficient (Wildman–Crippen LogP) is 4.23. The van der Waals surface area contributed by atoms with Crippen LogP contribution in [0.1, 0.15) is 111 Å². The third-order valence-corrected chi connectivity index (χ3v) is 13.5. The summed E-state index contributed by atoms with van der Waals surface area (Å²) in [7, 11) is 1.59. The zero-order chi connectivity index (χ0) is 33.3. The van der Waals surface area contributed by atoms with Gasteiger partial charge in [0.15, 0.2) is 0 Å². The summed E-state index contributed by atoms with van der Waals surface area (Å²) < 4.78 is 0. The molecule has 0 aromatic carbocycles. The Hall–Kier alpha value is -1.26. The molecule has 0 aromatic rings. The number of carbonyl (C=O) groups is 2. The van der Waals surface area contributed by atoms with E-state index in [0.717, 1.165) is 65.0 Å². The number of aliphatic carboxylic acids is 1. The molecular formula is C37H69N5O4. The molecule has 266 valence electrons. The monoisotopic (exact) mass is 648 g/mol. The zero-order valence-electron chi connectivity index (χ0n) is 29.7. The van der Waals surface area contributed by atoms with Crippen LogP contribution in [0.5, 0.6) is 0 Å². The van der Waals surface area contributed by atoms with Gasteiger partial charge in [-0.3, -0.25) is 9.59 Å². The van der Waals surface area contributed by atoms with E-state index in [0.29, 0.717) is 53.4 Å². The molecule has 0 radical (unpaired) electrons. The number of unbranched alkanes of at least 4 members (excludes halogenated alkanes) is 1. The quantitative estimate of drug-likeness (QED) is 0.115. The second-order valence-corrected chi connectivity index (χ2v) is 16.3. The number of rotatable bonds is 19. The lowest BCUT2D eigenvalue weighted by atomic mass is 9.43. The van der Waals surface area contributed by atoms with Gasteiger partial charge < -0.3 is 36.8 Å². The Balaban J connectivity index is 1.21. The summed E-state index contributed by atoms with van der Waals surface area (Å²) >= 11 is 0. The summed E-state index contributed by atoms with van der Waals surface area (Å²) in [5.41, 5.74) is 6.08. The van der Waals surface area contributed by atoms with Gasteiger partial charge >= 0.3 is 5.97 Å². The van der Waals surface area contributed by atoms with Gasteiger partial charge in [0.1, 0.15) is 6.54 Å². The smallest absolute Gasteiger partial charge is 0.323 e. The standard InChI is InChI=1S/C37H69N5O4/c1-26(9-12-33(44)42(4)25-34(45)46)29-10-11-30-35-31(14-16-37(29,30)3)36(2)15-13-28(23-27(36)24-32(35)43)41-22-8-21-40-19-6-5-18-39-20-7-17-38/h26-32,35,39-41,43H,5-25,38H2,1-4H3,(H,45,46)/t26-,27+,28+,29-,30?,31?,32?,35?,36+,37-/m1/s1. The lowest BCUT2D eigenvalue weighted by molar-refractivity contribution is -0.167. The minimum atomic E-state index is -0.966. The Kier molecular flexibility index (Phi) is 14.2. The van der Waals surface area contributed by atoms with Crippen LogP contribution in [0.2, 0.25) is 0 Å². The summed E-state index contributed by atoms with van der Waals surface area (Å²) in [5, 5.41) is 31.8. The highest BCUT2D eigenvalue weighted by atomic mass is 16.4. The molecule has 4 fully saturated rings. The number of carboxylic acid groups (broad SMARTS) is 1. The summed E-state index contributed by atoms with van der Waals surface area (Å²) in [6, 6.07) is 0.573. The van der Waals surface area contributed by atoms with E-state index in [2.05, 4.69) is 36.7 Å². The van der Waals surface area contributed by atoms with E-state index >= 15 is 0 Å². The van der Waals surface area contributed by atoms with Crippen LogP contribution in [0.25, 0.3) is 0 Å². The molecule has 9 nitrogen and oxygen atoms in total. The van der Waals surface area contributed by atoms with Gasteiger partial charge in [-0.2, -0.15) is 0 Å². The van der Waals surface area contributed by atoms with E-state index in [1.807, 2.05) is 0 Å². The van der Waals surface area contributed by atoms with Crippen LogP contribution < -0.4 is 21.7 Å². The average Bonchev–Trinajstić information content (AvgIpc) is 3.37. The first kappa shape index (κ1) is 37.6. The Morgan fingerprint density at radius 1 is 0.891 bits per heavy atom. The van der Waals surface area contributed by atoms with Crippen molar-refractivity contribution in [1.29, 1.82) is 0 Å². The third kappa shape index (κ3) is 9.04. The molecule has 4 aliphatic carbocycles. The van der Waals surface area contributed by atoms with Crippen molar-refractivity contribution in [1.82, 2.24) is 20.9 Å². The molecule has 46 heavy (non-hydrogen) atoms. The van der Waals surface area contributed by atoms with Gasteiger partial charge in [-0.15, -0.1) is 0 Å². The Labute approximate surface area is 280 Å². The molecule has 10 atom stereocenters. The van der Waals surface area contributed by atoms with E-state index in [9.17, 15) is 14.7 Å². The number of nitrogens with two attached hydrogens (primary N) is 1. The summed E-state index contributed by atoms with van der Waals surface area (Å²) in [5.74, 6) is 2.11. The van der Waals surface area contributed by atoms with E-state index in [1.165, 1.54) is 62.7 Å². The van der Waals surface area contributed by atoms with Crippen molar-refractivity contribution in [3.8, 4) is 0 Å². The maximum absolute atomic E-state index is 12.6. The Bertz CT molecular complexity index is 968. The van der Waals surface area contributed by atoms with Gasteiger partial charge in [-0.25, -0.2) is 0 Å². The van der Waals surface area contributed by atoms with Gasteiger partial charge in [-0.05, 0) is 169 Å². The van der Waals surface area contributed by atoms with E-state index in [4.69, 9.17) is 10.8 Å². The second kappa shape index (κ2) is 17.4. The van der Waals surface area contributed by atoms with Gasteiger partial charge in [0.2, 0.25) is 5.91 Å². The topological polar surface area (TPSA) is 140 Å². The van der Waals surface area contributed by atoms with Crippen LogP contribution >= 0.6 is 0 Å². The maximum Gasteiger partial charge on any atom is 0.323 e. The number of fused-ring (bicyclic) bond motifs is 5. The summed E-state index contributed by atoms with van der Waals surface area (Å²) in [6.45, 7) is 13.3. The van der Waals surface area contributed by atoms with Crippen LogP contribution in [-0.2, 0) is 9.59 Å². The van der Waals surface area contributed by atoms with Crippen molar-refractivity contribution >= 4 is 11.9 Å². The number of hydrogen-bond donors (Lipinski definition) is 6. The molecule has 9 heteroatoms. The molecule has 4 rings (SSSR count). The number of amides is 1. The largest absolute Gasteiger partial charge is 0.480 e. The minimum Gasteiger partial charge on any atom is -0.480 e. The molecule has 0 saturated heterocycles. The third-order valence-electron chi connectivity index (χ3n) is 13.5. The number of nitrogens with one attached hydrogen (secondary N) is 3. The zero-order valence-corrected chi connectivity index (χ0v) is 29.7. The van der Waals surface area contributed by atoms with Crippen molar-refractivity contribution in [2.24, 2.45) is 52.1 Å². The van der Waals surface area contributed by atoms with Crippen molar-refractivity contribution in [2.75, 3.05) is 52.9 Å². The van der Waals surface area contributed by atoms with Crippen LogP contribution in [0, 0.1) is 46.3 Å². The van der Waals surface area contributed by atoms with Gasteiger partial charge in [0.05, 0.1) is 6.10 Å². The number of carboxylic acids is 1. The normalized spacial score (nSPS) is 36.0. The fraction of sp³-hybridized carbons (Fsp3) is 0.946. The van der Waals surface area contributed by atoms with Crippen LogP contribution in [-0.4, -0.2) is 92.0 Å². The lowest BCUT2D eigenvalue weighted by Crippen LogP contribution is -2.59. The number of hydrogen-bond acceptors (Lipinski definition) is 7. The first-order chi connectivity index (χ1) is 22.0. The summed E-state index contributed by atoms with van der Waals surface area (Å²) in [4.78, 5) is 24.9. The Morgan fingerprint density at radius 3 is 2.24 bits per heavy atom. The number of aliphatic hydroxyl groups is 1. The van der Waals surface area contributed by atoms with Gasteiger partial charge in [-0.1, -0.05) is 20.8 Å². The number of carbonyl (C=O) groups excluding carboxylic acids is 1. The van der Waals surface area contributed by atoms with Gasteiger partial charge in [0, 0.05) is 19.5 Å². The van der Waals surface area contributed by atoms with Crippen molar-refractivity contribution in [3.05, 3.63) is 0 Å². The van der Waals surface area contributed by atoms with E-state index in [1.54, 1.807) is 7.05 Å². The molecule has 0 spiro atoms. The molecule has 1 amide bonds. The molecule has 0 aliphatic heterocycles. The molecular weight excluding hydrogens is 578 g/mol. The highest BCUT2D eigenvalue weighted by Crippen LogP contribution is 2.68. The molecule has 0 heterocycles. The van der Waals surface area contributed by atoms with Gasteiger partial charge in [0.25, 0.3) is 0 Å². The van der Waals surface area contributed by atoms with Crippen LogP contribution in [0.15, 0.2) is 0 Å². The highest BCUT2D eigenvalue weighted by Gasteiger charge is 2.62.